The average Bonchev–Trinajstić information content (AvgIpc) is 2.99. The highest BCUT2D eigenvalue weighted by molar-refractivity contribution is 6.04. The molecule has 1 aromatic rings. The van der Waals surface area contributed by atoms with Gasteiger partial charge in [0.15, 0.2) is 0 Å². The highest BCUT2D eigenvalue weighted by atomic mass is 16.2. The first-order valence-corrected chi connectivity index (χ1v) is 6.20. The van der Waals surface area contributed by atoms with E-state index in [1.165, 1.54) is 18.5 Å². The summed E-state index contributed by atoms with van der Waals surface area (Å²) in [5.74, 6) is -0.283. The van der Waals surface area contributed by atoms with E-state index in [4.69, 9.17) is 0 Å². The van der Waals surface area contributed by atoms with Crippen molar-refractivity contribution < 1.29 is 9.59 Å². The Balaban J connectivity index is 1.78. The molecule has 2 fully saturated rings. The summed E-state index contributed by atoms with van der Waals surface area (Å²) < 4.78 is 0. The SMILES string of the molecule is O=C1NC(=O)C(c2ccc(N3CCCC3)cc2)N1. The molecule has 18 heavy (non-hydrogen) atoms. The number of nitrogens with one attached hydrogen (secondary N) is 2. The number of anilines is 1. The predicted octanol–water partition coefficient (Wildman–Crippen LogP) is 1.17. The maximum Gasteiger partial charge on any atom is 0.322 e. The van der Waals surface area contributed by atoms with Crippen molar-refractivity contribution in [3.05, 3.63) is 29.8 Å². The van der Waals surface area contributed by atoms with Gasteiger partial charge in [-0.25, -0.2) is 4.79 Å². The quantitative estimate of drug-likeness (QED) is 0.769. The van der Waals surface area contributed by atoms with Crippen molar-refractivity contribution in [2.45, 2.75) is 18.9 Å². The number of carbonyl (C=O) groups excluding carboxylic acids is 2. The first-order chi connectivity index (χ1) is 8.74. The molecule has 2 N–H and O–H groups in total. The van der Waals surface area contributed by atoms with Gasteiger partial charge in [0.1, 0.15) is 6.04 Å². The zero-order valence-electron chi connectivity index (χ0n) is 9.98. The molecule has 1 aromatic carbocycles. The molecule has 0 bridgehead atoms. The third-order valence-electron chi connectivity index (χ3n) is 3.47. The van der Waals surface area contributed by atoms with Crippen molar-refractivity contribution in [1.82, 2.24) is 10.6 Å². The van der Waals surface area contributed by atoms with Gasteiger partial charge in [-0.05, 0) is 30.5 Å². The lowest BCUT2D eigenvalue weighted by Crippen LogP contribution is -2.22. The summed E-state index contributed by atoms with van der Waals surface area (Å²) in [5, 5.41) is 4.83. The minimum atomic E-state index is -0.551. The predicted molar refractivity (Wildman–Crippen MR) is 67.3 cm³/mol. The van der Waals surface area contributed by atoms with Crippen LogP contribution >= 0.6 is 0 Å². The molecule has 0 radical (unpaired) electrons. The Morgan fingerprint density at radius 3 is 2.28 bits per heavy atom. The van der Waals surface area contributed by atoms with Gasteiger partial charge in [0.25, 0.3) is 5.91 Å². The molecule has 0 saturated carbocycles. The van der Waals surface area contributed by atoms with Crippen LogP contribution < -0.4 is 15.5 Å². The van der Waals surface area contributed by atoms with Crippen LogP contribution in [-0.2, 0) is 4.79 Å². The van der Waals surface area contributed by atoms with E-state index < -0.39 is 12.1 Å². The second-order valence-electron chi connectivity index (χ2n) is 4.68. The minimum absolute atomic E-state index is 0.283. The van der Waals surface area contributed by atoms with Crippen LogP contribution in [0.25, 0.3) is 0 Å². The molecule has 94 valence electrons. The average molecular weight is 245 g/mol. The van der Waals surface area contributed by atoms with E-state index in [0.29, 0.717) is 0 Å². The van der Waals surface area contributed by atoms with Crippen molar-refractivity contribution in [2.75, 3.05) is 18.0 Å². The van der Waals surface area contributed by atoms with Crippen LogP contribution in [0.4, 0.5) is 10.5 Å². The lowest BCUT2D eigenvalue weighted by Gasteiger charge is -2.18. The molecular weight excluding hydrogens is 230 g/mol. The summed E-state index contributed by atoms with van der Waals surface area (Å²) in [4.78, 5) is 24.9. The molecule has 2 aliphatic rings. The monoisotopic (exact) mass is 245 g/mol. The van der Waals surface area contributed by atoms with Crippen LogP contribution in [0.1, 0.15) is 24.4 Å². The molecule has 5 heteroatoms. The first kappa shape index (κ1) is 11.1. The number of hydrogen-bond donors (Lipinski definition) is 2. The Hall–Kier alpha value is -2.04. The van der Waals surface area contributed by atoms with E-state index in [0.717, 1.165) is 18.7 Å². The molecule has 0 aliphatic carbocycles. The lowest BCUT2D eigenvalue weighted by molar-refractivity contribution is -0.120. The number of nitrogens with zero attached hydrogens (tertiary/aromatic N) is 1. The standard InChI is InChI=1S/C13H15N3O2/c17-12-11(14-13(18)15-12)9-3-5-10(6-4-9)16-7-1-2-8-16/h3-6,11H,1-2,7-8H2,(H2,14,15,17,18). The zero-order valence-corrected chi connectivity index (χ0v) is 9.98. The Labute approximate surface area is 105 Å². The number of imide groups is 1. The van der Waals surface area contributed by atoms with Crippen LogP contribution in [0.2, 0.25) is 0 Å². The highest BCUT2D eigenvalue weighted by Crippen LogP contribution is 2.23. The lowest BCUT2D eigenvalue weighted by atomic mass is 10.1. The number of amides is 3. The second-order valence-corrected chi connectivity index (χ2v) is 4.68. The Kier molecular flexibility index (Phi) is 2.66. The molecule has 2 saturated heterocycles. The molecule has 2 aliphatic heterocycles. The minimum Gasteiger partial charge on any atom is -0.372 e. The van der Waals surface area contributed by atoms with Crippen LogP contribution in [0.3, 0.4) is 0 Å². The number of urea groups is 1. The van der Waals surface area contributed by atoms with Gasteiger partial charge in [0, 0.05) is 18.8 Å². The van der Waals surface area contributed by atoms with Crippen LogP contribution in [0, 0.1) is 0 Å². The van der Waals surface area contributed by atoms with Gasteiger partial charge in [-0.2, -0.15) is 0 Å². The van der Waals surface area contributed by atoms with E-state index in [-0.39, 0.29) is 5.91 Å². The fourth-order valence-electron chi connectivity index (χ4n) is 2.50. The molecule has 5 nitrogen and oxygen atoms in total. The van der Waals surface area contributed by atoms with Gasteiger partial charge < -0.3 is 10.2 Å². The molecule has 3 rings (SSSR count). The number of rotatable bonds is 2. The van der Waals surface area contributed by atoms with Crippen molar-refractivity contribution in [3.8, 4) is 0 Å². The van der Waals surface area contributed by atoms with Crippen LogP contribution in [0.5, 0.6) is 0 Å². The maximum atomic E-state index is 11.5. The van der Waals surface area contributed by atoms with Gasteiger partial charge in [-0.3, -0.25) is 10.1 Å². The third-order valence-corrected chi connectivity index (χ3v) is 3.47. The summed E-state index contributed by atoms with van der Waals surface area (Å²) >= 11 is 0. The Morgan fingerprint density at radius 1 is 1.06 bits per heavy atom. The van der Waals surface area contributed by atoms with E-state index >= 15 is 0 Å². The Bertz CT molecular complexity index is 478. The molecule has 1 atom stereocenters. The topological polar surface area (TPSA) is 61.4 Å². The normalized spacial score (nSPS) is 23.1. The molecular formula is C13H15N3O2. The maximum absolute atomic E-state index is 11.5. The van der Waals surface area contributed by atoms with Crippen molar-refractivity contribution >= 4 is 17.6 Å². The fourth-order valence-corrected chi connectivity index (χ4v) is 2.50. The fraction of sp³-hybridized carbons (Fsp3) is 0.385. The van der Waals surface area contributed by atoms with E-state index in [2.05, 4.69) is 15.5 Å². The van der Waals surface area contributed by atoms with Gasteiger partial charge in [-0.15, -0.1) is 0 Å². The van der Waals surface area contributed by atoms with Crippen LogP contribution in [-0.4, -0.2) is 25.0 Å². The van der Waals surface area contributed by atoms with Gasteiger partial charge in [-0.1, -0.05) is 12.1 Å². The molecule has 0 spiro atoms. The van der Waals surface area contributed by atoms with E-state index in [1.807, 2.05) is 24.3 Å². The number of benzene rings is 1. The molecule has 3 amide bonds. The zero-order chi connectivity index (χ0) is 12.5. The highest BCUT2D eigenvalue weighted by Gasteiger charge is 2.30. The number of carbonyl (C=O) groups is 2. The van der Waals surface area contributed by atoms with Crippen molar-refractivity contribution in [1.29, 1.82) is 0 Å². The first-order valence-electron chi connectivity index (χ1n) is 6.20. The molecule has 2 heterocycles. The van der Waals surface area contributed by atoms with Crippen LogP contribution in [0.15, 0.2) is 24.3 Å². The summed E-state index contributed by atoms with van der Waals surface area (Å²) in [6, 6.07) is 6.86. The largest absolute Gasteiger partial charge is 0.372 e. The van der Waals surface area contributed by atoms with Gasteiger partial charge in [0.2, 0.25) is 0 Å². The third kappa shape index (κ3) is 1.92. The molecule has 1 unspecified atom stereocenters. The summed E-state index contributed by atoms with van der Waals surface area (Å²) in [6.07, 6.45) is 2.48. The van der Waals surface area contributed by atoms with E-state index in [1.54, 1.807) is 0 Å². The molecule has 0 aromatic heterocycles. The summed E-state index contributed by atoms with van der Waals surface area (Å²) in [7, 11) is 0. The second kappa shape index (κ2) is 4.33. The van der Waals surface area contributed by atoms with Gasteiger partial charge in [0.05, 0.1) is 0 Å². The van der Waals surface area contributed by atoms with Gasteiger partial charge >= 0.3 is 6.03 Å². The summed E-state index contributed by atoms with van der Waals surface area (Å²) in [5.41, 5.74) is 2.00. The number of hydrogen-bond acceptors (Lipinski definition) is 3. The smallest absolute Gasteiger partial charge is 0.322 e. The van der Waals surface area contributed by atoms with E-state index in [9.17, 15) is 9.59 Å². The van der Waals surface area contributed by atoms with Crippen molar-refractivity contribution in [2.24, 2.45) is 0 Å². The summed E-state index contributed by atoms with van der Waals surface area (Å²) in [6.45, 7) is 2.19. The Morgan fingerprint density at radius 2 is 1.72 bits per heavy atom. The van der Waals surface area contributed by atoms with Crippen molar-refractivity contribution in [3.63, 3.8) is 0 Å².